The average molecular weight is 231 g/mol. The molecule has 1 aromatic carbocycles. The number of aromatic nitrogens is 3. The monoisotopic (exact) mass is 231 g/mol. The summed E-state index contributed by atoms with van der Waals surface area (Å²) < 4.78 is 7.39. The molecule has 17 heavy (non-hydrogen) atoms. The van der Waals surface area contributed by atoms with Gasteiger partial charge in [-0.25, -0.2) is 4.68 Å². The standard InChI is InChI=1S/C13H17N3O/c1-17-12-9-5-8-11-13(12)14-15-16(11)10-6-3-2-4-7-10/h5,8-10H,2-4,6-7H2,1H3. The highest BCUT2D eigenvalue weighted by Gasteiger charge is 2.19. The lowest BCUT2D eigenvalue weighted by atomic mass is 9.95. The smallest absolute Gasteiger partial charge is 0.155 e. The summed E-state index contributed by atoms with van der Waals surface area (Å²) in [6, 6.07) is 6.53. The molecule has 1 aromatic heterocycles. The van der Waals surface area contributed by atoms with Crippen molar-refractivity contribution in [3.63, 3.8) is 0 Å². The van der Waals surface area contributed by atoms with Gasteiger partial charge in [-0.15, -0.1) is 5.10 Å². The predicted octanol–water partition coefficient (Wildman–Crippen LogP) is 2.95. The number of methoxy groups -OCH3 is 1. The fourth-order valence-corrected chi connectivity index (χ4v) is 2.70. The van der Waals surface area contributed by atoms with Crippen molar-refractivity contribution in [3.05, 3.63) is 18.2 Å². The molecule has 0 aliphatic heterocycles. The Morgan fingerprint density at radius 1 is 1.24 bits per heavy atom. The molecule has 1 aliphatic carbocycles. The molecule has 0 atom stereocenters. The van der Waals surface area contributed by atoms with E-state index in [1.165, 1.54) is 32.1 Å². The number of nitrogens with zero attached hydrogens (tertiary/aromatic N) is 3. The Morgan fingerprint density at radius 2 is 2.06 bits per heavy atom. The van der Waals surface area contributed by atoms with Crippen molar-refractivity contribution < 1.29 is 4.74 Å². The average Bonchev–Trinajstić information content (AvgIpc) is 2.83. The van der Waals surface area contributed by atoms with Gasteiger partial charge < -0.3 is 4.74 Å². The van der Waals surface area contributed by atoms with Gasteiger partial charge in [0.05, 0.1) is 18.7 Å². The topological polar surface area (TPSA) is 39.9 Å². The fourth-order valence-electron chi connectivity index (χ4n) is 2.70. The van der Waals surface area contributed by atoms with Gasteiger partial charge in [0.2, 0.25) is 0 Å². The quantitative estimate of drug-likeness (QED) is 0.797. The summed E-state index contributed by atoms with van der Waals surface area (Å²) >= 11 is 0. The zero-order chi connectivity index (χ0) is 11.7. The van der Waals surface area contributed by atoms with E-state index < -0.39 is 0 Å². The molecule has 1 heterocycles. The van der Waals surface area contributed by atoms with E-state index in [0.717, 1.165) is 16.8 Å². The van der Waals surface area contributed by atoms with E-state index in [-0.39, 0.29) is 0 Å². The van der Waals surface area contributed by atoms with Crippen LogP contribution in [0.4, 0.5) is 0 Å². The summed E-state index contributed by atoms with van der Waals surface area (Å²) in [7, 11) is 1.68. The Morgan fingerprint density at radius 3 is 2.82 bits per heavy atom. The summed E-state index contributed by atoms with van der Waals surface area (Å²) in [6.45, 7) is 0. The molecule has 0 radical (unpaired) electrons. The van der Waals surface area contributed by atoms with Crippen molar-refractivity contribution in [1.29, 1.82) is 0 Å². The second-order valence-electron chi connectivity index (χ2n) is 4.65. The number of fused-ring (bicyclic) bond motifs is 1. The molecule has 1 saturated carbocycles. The molecular weight excluding hydrogens is 214 g/mol. The highest BCUT2D eigenvalue weighted by molar-refractivity contribution is 5.81. The number of hydrogen-bond donors (Lipinski definition) is 0. The molecule has 4 heteroatoms. The van der Waals surface area contributed by atoms with Gasteiger partial charge >= 0.3 is 0 Å². The molecule has 90 valence electrons. The molecule has 0 bridgehead atoms. The van der Waals surface area contributed by atoms with Crippen molar-refractivity contribution in [3.8, 4) is 5.75 Å². The van der Waals surface area contributed by atoms with Gasteiger partial charge in [-0.3, -0.25) is 0 Å². The Kier molecular flexibility index (Phi) is 2.71. The minimum Gasteiger partial charge on any atom is -0.494 e. The zero-order valence-electron chi connectivity index (χ0n) is 10.1. The third-order valence-corrected chi connectivity index (χ3v) is 3.61. The van der Waals surface area contributed by atoms with E-state index in [0.29, 0.717) is 6.04 Å². The van der Waals surface area contributed by atoms with Gasteiger partial charge in [0.15, 0.2) is 5.52 Å². The highest BCUT2D eigenvalue weighted by Crippen LogP contribution is 2.31. The first-order valence-electron chi connectivity index (χ1n) is 6.28. The van der Waals surface area contributed by atoms with Crippen molar-refractivity contribution >= 4 is 11.0 Å². The first-order valence-corrected chi connectivity index (χ1v) is 6.28. The van der Waals surface area contributed by atoms with E-state index >= 15 is 0 Å². The van der Waals surface area contributed by atoms with E-state index in [4.69, 9.17) is 4.74 Å². The summed E-state index contributed by atoms with van der Waals surface area (Å²) in [6.07, 6.45) is 6.39. The van der Waals surface area contributed by atoms with Gasteiger partial charge in [-0.2, -0.15) is 0 Å². The Bertz CT molecular complexity index is 514. The number of rotatable bonds is 2. The predicted molar refractivity (Wildman–Crippen MR) is 66.2 cm³/mol. The van der Waals surface area contributed by atoms with Crippen LogP contribution in [0.15, 0.2) is 18.2 Å². The van der Waals surface area contributed by atoms with Crippen molar-refractivity contribution in [2.45, 2.75) is 38.1 Å². The van der Waals surface area contributed by atoms with Gasteiger partial charge in [-0.05, 0) is 25.0 Å². The molecule has 2 aromatic rings. The minimum absolute atomic E-state index is 0.515. The number of hydrogen-bond acceptors (Lipinski definition) is 3. The molecule has 4 nitrogen and oxygen atoms in total. The van der Waals surface area contributed by atoms with Crippen LogP contribution in [0.1, 0.15) is 38.1 Å². The van der Waals surface area contributed by atoms with Crippen LogP contribution >= 0.6 is 0 Å². The molecule has 1 aliphatic rings. The summed E-state index contributed by atoms with van der Waals surface area (Å²) in [5.41, 5.74) is 1.97. The van der Waals surface area contributed by atoms with Crippen LogP contribution in [0.5, 0.6) is 5.75 Å². The summed E-state index contributed by atoms with van der Waals surface area (Å²) in [5.74, 6) is 0.810. The van der Waals surface area contributed by atoms with Crippen LogP contribution in [0.3, 0.4) is 0 Å². The molecular formula is C13H17N3O. The van der Waals surface area contributed by atoms with Crippen LogP contribution in [0.2, 0.25) is 0 Å². The van der Waals surface area contributed by atoms with E-state index in [9.17, 15) is 0 Å². The van der Waals surface area contributed by atoms with Crippen molar-refractivity contribution in [2.75, 3.05) is 7.11 Å². The first-order chi connectivity index (χ1) is 8.40. The second kappa shape index (κ2) is 4.35. The molecule has 0 amide bonds. The maximum atomic E-state index is 5.31. The summed E-state index contributed by atoms with van der Waals surface area (Å²) in [4.78, 5) is 0. The SMILES string of the molecule is COc1cccc2c1nnn2C1CCCCC1. The maximum Gasteiger partial charge on any atom is 0.155 e. The molecule has 0 N–H and O–H groups in total. The fraction of sp³-hybridized carbons (Fsp3) is 0.538. The molecule has 0 unspecified atom stereocenters. The minimum atomic E-state index is 0.515. The van der Waals surface area contributed by atoms with Crippen LogP contribution < -0.4 is 4.74 Å². The van der Waals surface area contributed by atoms with Crippen LogP contribution in [0.25, 0.3) is 11.0 Å². The normalized spacial score (nSPS) is 17.5. The van der Waals surface area contributed by atoms with Gasteiger partial charge in [-0.1, -0.05) is 30.5 Å². The zero-order valence-corrected chi connectivity index (χ0v) is 10.1. The molecule has 0 spiro atoms. The molecule has 0 saturated heterocycles. The maximum absolute atomic E-state index is 5.31. The summed E-state index contributed by atoms with van der Waals surface area (Å²) in [5, 5.41) is 8.57. The van der Waals surface area contributed by atoms with Gasteiger partial charge in [0, 0.05) is 0 Å². The Balaban J connectivity index is 2.05. The second-order valence-corrected chi connectivity index (χ2v) is 4.65. The lowest BCUT2D eigenvalue weighted by molar-refractivity contribution is 0.331. The van der Waals surface area contributed by atoms with Crippen LogP contribution in [-0.2, 0) is 0 Å². The van der Waals surface area contributed by atoms with Crippen molar-refractivity contribution in [1.82, 2.24) is 15.0 Å². The third-order valence-electron chi connectivity index (χ3n) is 3.61. The lowest BCUT2D eigenvalue weighted by Gasteiger charge is -2.21. The lowest BCUT2D eigenvalue weighted by Crippen LogP contribution is -2.14. The Hall–Kier alpha value is -1.58. The number of ether oxygens (including phenoxy) is 1. The van der Waals surface area contributed by atoms with Gasteiger partial charge in [0.25, 0.3) is 0 Å². The van der Waals surface area contributed by atoms with Gasteiger partial charge in [0.1, 0.15) is 5.75 Å². The third kappa shape index (κ3) is 1.77. The molecule has 3 rings (SSSR count). The van der Waals surface area contributed by atoms with E-state index in [1.807, 2.05) is 12.1 Å². The largest absolute Gasteiger partial charge is 0.494 e. The van der Waals surface area contributed by atoms with Crippen LogP contribution in [-0.4, -0.2) is 22.1 Å². The van der Waals surface area contributed by atoms with Crippen molar-refractivity contribution in [2.24, 2.45) is 0 Å². The molecule has 1 fully saturated rings. The van der Waals surface area contributed by atoms with Crippen LogP contribution in [0, 0.1) is 0 Å². The van der Waals surface area contributed by atoms with E-state index in [1.54, 1.807) is 7.11 Å². The first kappa shape index (κ1) is 10.6. The number of benzene rings is 1. The van der Waals surface area contributed by atoms with E-state index in [2.05, 4.69) is 21.1 Å². The Labute approximate surface area is 101 Å². The highest BCUT2D eigenvalue weighted by atomic mass is 16.5.